The van der Waals surface area contributed by atoms with Gasteiger partial charge in [0.15, 0.2) is 6.10 Å². The molecule has 0 saturated carbocycles. The summed E-state index contributed by atoms with van der Waals surface area (Å²) in [5.74, 6) is -0.486. The smallest absolute Gasteiger partial charge is 0.306 e. The molecule has 0 rings (SSSR count). The van der Waals surface area contributed by atoms with Gasteiger partial charge in [-0.1, -0.05) is 279 Å². The lowest BCUT2D eigenvalue weighted by atomic mass is 10.0. The van der Waals surface area contributed by atoms with Gasteiger partial charge in [0.05, 0.1) is 6.61 Å². The molecule has 1 atom stereocenters. The lowest BCUT2D eigenvalue weighted by Gasteiger charge is -2.18. The van der Waals surface area contributed by atoms with Crippen LogP contribution < -0.4 is 0 Å². The Morgan fingerprint density at radius 1 is 0.329 bits per heavy atom. The first kappa shape index (κ1) is 67.1. The van der Waals surface area contributed by atoms with E-state index in [0.717, 1.165) is 70.6 Å². The van der Waals surface area contributed by atoms with Crippen molar-refractivity contribution in [2.75, 3.05) is 19.8 Å². The summed E-state index contributed by atoms with van der Waals surface area (Å²) in [6.45, 7) is 7.67. The molecule has 0 saturated heterocycles. The Labute approximate surface area is 435 Å². The number of allylic oxidation sites excluding steroid dienone is 14. The predicted molar refractivity (Wildman–Crippen MR) is 307 cm³/mol. The number of ether oxygens (including phenoxy) is 3. The number of hydrogen-bond donors (Lipinski definition) is 0. The first-order valence-electron chi connectivity index (χ1n) is 30.1. The Kier molecular flexibility index (Phi) is 57.9. The number of rotatable bonds is 55. The summed E-state index contributed by atoms with van der Waals surface area (Å²) in [7, 11) is 0. The van der Waals surface area contributed by atoms with E-state index in [9.17, 15) is 9.59 Å². The van der Waals surface area contributed by atoms with Gasteiger partial charge in [-0.2, -0.15) is 0 Å². The zero-order valence-corrected chi connectivity index (χ0v) is 46.5. The second-order valence-electron chi connectivity index (χ2n) is 19.9. The number of esters is 2. The first-order chi connectivity index (χ1) is 34.6. The summed E-state index contributed by atoms with van der Waals surface area (Å²) < 4.78 is 17.4. The van der Waals surface area contributed by atoms with Crippen LogP contribution in [0.4, 0.5) is 0 Å². The molecule has 0 aromatic carbocycles. The fourth-order valence-corrected chi connectivity index (χ4v) is 8.47. The average Bonchev–Trinajstić information content (AvgIpc) is 3.36. The molecular formula is C65H114O5. The van der Waals surface area contributed by atoms with Crippen LogP contribution >= 0.6 is 0 Å². The molecule has 0 N–H and O–H groups in total. The summed E-state index contributed by atoms with van der Waals surface area (Å²) in [6, 6.07) is 0. The van der Waals surface area contributed by atoms with E-state index >= 15 is 0 Å². The van der Waals surface area contributed by atoms with Gasteiger partial charge in [-0.3, -0.25) is 9.59 Å². The average molecular weight is 976 g/mol. The lowest BCUT2D eigenvalue weighted by molar-refractivity contribution is -0.162. The van der Waals surface area contributed by atoms with Gasteiger partial charge in [0.1, 0.15) is 6.61 Å². The van der Waals surface area contributed by atoms with Gasteiger partial charge in [-0.15, -0.1) is 0 Å². The van der Waals surface area contributed by atoms with Gasteiger partial charge in [-0.25, -0.2) is 0 Å². The van der Waals surface area contributed by atoms with Crippen molar-refractivity contribution >= 4 is 11.9 Å². The highest BCUT2D eigenvalue weighted by molar-refractivity contribution is 5.70. The molecule has 0 aliphatic carbocycles. The highest BCUT2D eigenvalue weighted by Gasteiger charge is 2.17. The van der Waals surface area contributed by atoms with E-state index in [4.69, 9.17) is 14.2 Å². The van der Waals surface area contributed by atoms with E-state index in [0.29, 0.717) is 25.9 Å². The third kappa shape index (κ3) is 57.7. The quantitative estimate of drug-likeness (QED) is 0.0345. The highest BCUT2D eigenvalue weighted by atomic mass is 16.6. The zero-order chi connectivity index (χ0) is 50.6. The van der Waals surface area contributed by atoms with Gasteiger partial charge in [-0.05, 0) is 83.5 Å². The molecular weight excluding hydrogens is 861 g/mol. The number of carbonyl (C=O) groups is 2. The molecule has 404 valence electrons. The summed E-state index contributed by atoms with van der Waals surface area (Å²) in [4.78, 5) is 25.5. The zero-order valence-electron chi connectivity index (χ0n) is 46.5. The fourth-order valence-electron chi connectivity index (χ4n) is 8.47. The maximum atomic E-state index is 12.9. The van der Waals surface area contributed by atoms with Crippen molar-refractivity contribution in [2.45, 2.75) is 297 Å². The van der Waals surface area contributed by atoms with E-state index in [1.807, 2.05) is 6.08 Å². The van der Waals surface area contributed by atoms with Crippen molar-refractivity contribution in [3.05, 3.63) is 85.1 Å². The van der Waals surface area contributed by atoms with Crippen molar-refractivity contribution in [3.8, 4) is 0 Å². The summed E-state index contributed by atoms with van der Waals surface area (Å²) in [6.07, 6.45) is 80.5. The third-order valence-electron chi connectivity index (χ3n) is 12.9. The summed E-state index contributed by atoms with van der Waals surface area (Å²) in [5, 5.41) is 0. The second-order valence-corrected chi connectivity index (χ2v) is 19.9. The van der Waals surface area contributed by atoms with E-state index in [1.54, 1.807) is 0 Å². The molecule has 0 aromatic rings. The van der Waals surface area contributed by atoms with Crippen molar-refractivity contribution < 1.29 is 23.8 Å². The number of unbranched alkanes of at least 4 members (excludes halogenated alkanes) is 30. The number of carbonyl (C=O) groups excluding carboxylic acids is 2. The molecule has 0 unspecified atom stereocenters. The van der Waals surface area contributed by atoms with Crippen LogP contribution in [-0.4, -0.2) is 37.9 Å². The molecule has 0 heterocycles. The molecule has 0 aliphatic rings. The minimum Gasteiger partial charge on any atom is -0.462 e. The molecule has 0 spiro atoms. The minimum absolute atomic E-state index is 0.0444. The molecule has 0 aliphatic heterocycles. The van der Waals surface area contributed by atoms with Gasteiger partial charge in [0.25, 0.3) is 0 Å². The lowest BCUT2D eigenvalue weighted by Crippen LogP contribution is -2.30. The van der Waals surface area contributed by atoms with Crippen molar-refractivity contribution in [1.29, 1.82) is 0 Å². The van der Waals surface area contributed by atoms with Gasteiger partial charge >= 0.3 is 11.9 Å². The van der Waals surface area contributed by atoms with Gasteiger partial charge in [0.2, 0.25) is 0 Å². The van der Waals surface area contributed by atoms with E-state index in [1.165, 1.54) is 180 Å². The summed E-state index contributed by atoms with van der Waals surface area (Å²) in [5.41, 5.74) is 0. The van der Waals surface area contributed by atoms with Crippen LogP contribution in [0.1, 0.15) is 290 Å². The molecule has 0 bridgehead atoms. The molecule has 0 fully saturated rings. The van der Waals surface area contributed by atoms with Crippen molar-refractivity contribution in [1.82, 2.24) is 0 Å². The van der Waals surface area contributed by atoms with E-state index in [2.05, 4.69) is 99.8 Å². The Balaban J connectivity index is 4.37. The molecule has 5 heteroatoms. The van der Waals surface area contributed by atoms with Crippen LogP contribution in [0.15, 0.2) is 85.1 Å². The maximum absolute atomic E-state index is 12.9. The first-order valence-corrected chi connectivity index (χ1v) is 30.1. The monoisotopic (exact) mass is 975 g/mol. The molecule has 70 heavy (non-hydrogen) atoms. The Morgan fingerprint density at radius 2 is 0.671 bits per heavy atom. The topological polar surface area (TPSA) is 61.8 Å². The second kappa shape index (κ2) is 60.4. The Hall–Kier alpha value is -2.92. The van der Waals surface area contributed by atoms with Crippen molar-refractivity contribution in [2.24, 2.45) is 0 Å². The fraction of sp³-hybridized carbons (Fsp3) is 0.754. The van der Waals surface area contributed by atoms with Gasteiger partial charge < -0.3 is 14.2 Å². The van der Waals surface area contributed by atoms with E-state index in [-0.39, 0.29) is 25.2 Å². The SMILES string of the molecule is CC/C=C\C/C=C\C/C=C\C/C=C\C/C=C\C/C=C\CCC(=O)OC[C@@H](COCCCCCCCCCCCCCCCCCC)OC(=O)CCCCCCCCCCC/C=C\CCCCCCCC. The van der Waals surface area contributed by atoms with Crippen LogP contribution in [0, 0.1) is 0 Å². The predicted octanol–water partition coefficient (Wildman–Crippen LogP) is 20.8. The molecule has 0 amide bonds. The van der Waals surface area contributed by atoms with E-state index < -0.39 is 6.10 Å². The van der Waals surface area contributed by atoms with Crippen LogP contribution in [0.5, 0.6) is 0 Å². The molecule has 0 aromatic heterocycles. The van der Waals surface area contributed by atoms with Crippen LogP contribution in [0.25, 0.3) is 0 Å². The Morgan fingerprint density at radius 3 is 1.09 bits per heavy atom. The largest absolute Gasteiger partial charge is 0.462 e. The summed E-state index contributed by atoms with van der Waals surface area (Å²) >= 11 is 0. The highest BCUT2D eigenvalue weighted by Crippen LogP contribution is 2.16. The molecule has 0 radical (unpaired) electrons. The standard InChI is InChI=1S/C65H114O5/c1-4-7-10-13-16-19-22-25-28-31-33-35-37-40-43-46-49-52-55-58-64(66)69-62-63(61-68-60-57-54-51-48-45-42-39-30-27-24-21-18-15-12-9-6-3)70-65(67)59-56-53-50-47-44-41-38-36-34-32-29-26-23-20-17-14-11-8-5-2/h7,10,16,19,25-26,28-29,33,35,40,43,49,52,63H,4-6,8-9,11-15,17-18,20-24,27,30-32,34,36-39,41-42,44-48,50-51,53-62H2,1-3H3/b10-7-,19-16-,28-25-,29-26-,35-33-,43-40-,52-49-/t63-/m1/s1. The Bertz CT molecular complexity index is 1290. The third-order valence-corrected chi connectivity index (χ3v) is 12.9. The normalized spacial score (nSPS) is 12.8. The molecule has 5 nitrogen and oxygen atoms in total. The van der Waals surface area contributed by atoms with Gasteiger partial charge in [0, 0.05) is 19.4 Å². The van der Waals surface area contributed by atoms with Crippen molar-refractivity contribution in [3.63, 3.8) is 0 Å². The minimum atomic E-state index is -0.570. The van der Waals surface area contributed by atoms with Crippen LogP contribution in [0.3, 0.4) is 0 Å². The van der Waals surface area contributed by atoms with Crippen LogP contribution in [0.2, 0.25) is 0 Å². The maximum Gasteiger partial charge on any atom is 0.306 e. The number of hydrogen-bond acceptors (Lipinski definition) is 5. The van der Waals surface area contributed by atoms with Crippen LogP contribution in [-0.2, 0) is 23.8 Å².